The lowest BCUT2D eigenvalue weighted by Crippen LogP contribution is -2.09. The molecule has 41 heavy (non-hydrogen) atoms. The summed E-state index contributed by atoms with van der Waals surface area (Å²) >= 11 is 0. The molecule has 4 nitrogen and oxygen atoms in total. The second kappa shape index (κ2) is 12.8. The van der Waals surface area contributed by atoms with Crippen molar-refractivity contribution in [3.8, 4) is 33.8 Å². The minimum Gasteiger partial charge on any atom is -0.490 e. The van der Waals surface area contributed by atoms with E-state index in [9.17, 15) is 4.79 Å². The molecule has 0 aliphatic rings. The average Bonchev–Trinajstić information content (AvgIpc) is 3.00. The highest BCUT2D eigenvalue weighted by molar-refractivity contribution is 5.82. The molecule has 5 rings (SSSR count). The fraction of sp³-hybridized carbons (Fsp3) is 0.108. The topological polar surface area (TPSA) is 55.8 Å². The van der Waals surface area contributed by atoms with Crippen molar-refractivity contribution in [3.63, 3.8) is 0 Å². The number of benzene rings is 5. The van der Waals surface area contributed by atoms with E-state index in [1.165, 1.54) is 33.4 Å². The number of hydrogen-bond acceptors (Lipinski definition) is 3. The van der Waals surface area contributed by atoms with Crippen LogP contribution in [0.5, 0.6) is 11.5 Å². The molecule has 0 saturated heterocycles. The monoisotopic (exact) mass is 540 g/mol. The average molecular weight is 541 g/mol. The van der Waals surface area contributed by atoms with Crippen molar-refractivity contribution in [2.75, 3.05) is 13.2 Å². The van der Waals surface area contributed by atoms with Crippen LogP contribution in [0.15, 0.2) is 127 Å². The van der Waals surface area contributed by atoms with Gasteiger partial charge in [-0.3, -0.25) is 0 Å². The van der Waals surface area contributed by atoms with Crippen molar-refractivity contribution >= 4 is 11.5 Å². The van der Waals surface area contributed by atoms with E-state index >= 15 is 0 Å². The predicted molar refractivity (Wildman–Crippen MR) is 165 cm³/mol. The molecule has 0 fully saturated rings. The van der Waals surface area contributed by atoms with Crippen molar-refractivity contribution in [3.05, 3.63) is 150 Å². The van der Waals surface area contributed by atoms with Gasteiger partial charge in [0.2, 0.25) is 0 Å². The number of aliphatic carboxylic acids is 1. The predicted octanol–water partition coefficient (Wildman–Crippen LogP) is 8.61. The Kier molecular flexibility index (Phi) is 8.61. The van der Waals surface area contributed by atoms with E-state index < -0.39 is 5.97 Å². The fourth-order valence-electron chi connectivity index (χ4n) is 4.58. The Morgan fingerprint density at radius 2 is 0.927 bits per heavy atom. The first kappa shape index (κ1) is 27.5. The summed E-state index contributed by atoms with van der Waals surface area (Å²) in [6, 6.07) is 41.3. The summed E-state index contributed by atoms with van der Waals surface area (Å²) < 4.78 is 11.2. The van der Waals surface area contributed by atoms with Gasteiger partial charge in [0.15, 0.2) is 6.61 Å². The van der Waals surface area contributed by atoms with Crippen molar-refractivity contribution < 1.29 is 19.4 Å². The van der Waals surface area contributed by atoms with Crippen LogP contribution in [0.4, 0.5) is 0 Å². The smallest absolute Gasteiger partial charge is 0.341 e. The first-order valence-electron chi connectivity index (χ1n) is 13.6. The molecule has 5 aromatic rings. The first-order valence-corrected chi connectivity index (χ1v) is 13.6. The van der Waals surface area contributed by atoms with E-state index in [4.69, 9.17) is 14.6 Å². The molecule has 0 radical (unpaired) electrons. The molecule has 0 saturated carbocycles. The van der Waals surface area contributed by atoms with E-state index in [-0.39, 0.29) is 6.61 Å². The Labute approximate surface area is 241 Å². The largest absolute Gasteiger partial charge is 0.490 e. The molecule has 5 aromatic carbocycles. The SMILES string of the molecule is Cc1ccc(-c2ccc(C(=CCOc3ccc(OCC(=O)O)cc3)c3ccc(-c4ccc(C)cc4)cc3)cc2)cc1. The molecule has 204 valence electrons. The quantitative estimate of drug-likeness (QED) is 0.193. The maximum atomic E-state index is 10.7. The summed E-state index contributed by atoms with van der Waals surface area (Å²) in [5.74, 6) is 0.146. The van der Waals surface area contributed by atoms with Crippen LogP contribution >= 0.6 is 0 Å². The van der Waals surface area contributed by atoms with Crippen LogP contribution in [0.2, 0.25) is 0 Å². The zero-order valence-electron chi connectivity index (χ0n) is 23.2. The standard InChI is InChI=1S/C37H32O4/c1-26-3-7-28(8-4-26)30-11-15-32(16-12-30)36(23-24-40-34-19-21-35(22-20-34)41-25-37(38)39)33-17-13-31(14-18-33)29-9-5-27(2)6-10-29/h3-23H,24-25H2,1-2H3,(H,38,39). The molecular weight excluding hydrogens is 508 g/mol. The Balaban J connectivity index is 1.38. The van der Waals surface area contributed by atoms with Crippen LogP contribution in [0.25, 0.3) is 27.8 Å². The summed E-state index contributed by atoms with van der Waals surface area (Å²) in [4.78, 5) is 10.7. The fourth-order valence-corrected chi connectivity index (χ4v) is 4.58. The number of carboxylic acid groups (broad SMARTS) is 1. The highest BCUT2D eigenvalue weighted by atomic mass is 16.5. The van der Waals surface area contributed by atoms with Crippen molar-refractivity contribution in [2.45, 2.75) is 13.8 Å². The van der Waals surface area contributed by atoms with Gasteiger partial charge >= 0.3 is 5.97 Å². The van der Waals surface area contributed by atoms with Gasteiger partial charge in [-0.05, 0) is 83.1 Å². The van der Waals surface area contributed by atoms with E-state index in [0.29, 0.717) is 18.1 Å². The lowest BCUT2D eigenvalue weighted by atomic mass is 9.93. The van der Waals surface area contributed by atoms with Gasteiger partial charge in [0.25, 0.3) is 0 Å². The maximum absolute atomic E-state index is 10.7. The molecule has 0 amide bonds. The van der Waals surface area contributed by atoms with Crippen LogP contribution in [-0.2, 0) is 4.79 Å². The first-order chi connectivity index (χ1) is 19.9. The van der Waals surface area contributed by atoms with Crippen LogP contribution < -0.4 is 9.47 Å². The van der Waals surface area contributed by atoms with Crippen LogP contribution in [0.3, 0.4) is 0 Å². The number of carbonyl (C=O) groups is 1. The van der Waals surface area contributed by atoms with Gasteiger partial charge in [-0.15, -0.1) is 0 Å². The van der Waals surface area contributed by atoms with Gasteiger partial charge < -0.3 is 14.6 Å². The van der Waals surface area contributed by atoms with Gasteiger partial charge in [0.1, 0.15) is 18.1 Å². The third kappa shape index (κ3) is 7.31. The third-order valence-corrected chi connectivity index (χ3v) is 6.89. The summed E-state index contributed by atoms with van der Waals surface area (Å²) in [6.07, 6.45) is 2.09. The molecule has 0 aromatic heterocycles. The molecule has 0 bridgehead atoms. The molecular formula is C37H32O4. The van der Waals surface area contributed by atoms with E-state index in [1.807, 2.05) is 0 Å². The molecule has 0 aliphatic heterocycles. The normalized spacial score (nSPS) is 10.6. The minimum atomic E-state index is -1.01. The summed E-state index contributed by atoms with van der Waals surface area (Å²) in [7, 11) is 0. The Bertz CT molecular complexity index is 1520. The number of aryl methyl sites for hydroxylation is 2. The number of rotatable bonds is 10. The molecule has 0 aliphatic carbocycles. The van der Waals surface area contributed by atoms with E-state index in [2.05, 4.69) is 117 Å². The summed E-state index contributed by atoms with van der Waals surface area (Å²) in [6.45, 7) is 4.18. The molecule has 0 spiro atoms. The van der Waals surface area contributed by atoms with Gasteiger partial charge in [0.05, 0.1) is 0 Å². The van der Waals surface area contributed by atoms with Crippen molar-refractivity contribution in [1.29, 1.82) is 0 Å². The minimum absolute atomic E-state index is 0.365. The lowest BCUT2D eigenvalue weighted by molar-refractivity contribution is -0.139. The molecule has 0 atom stereocenters. The van der Waals surface area contributed by atoms with Crippen LogP contribution in [0.1, 0.15) is 22.3 Å². The van der Waals surface area contributed by atoms with Crippen molar-refractivity contribution in [1.82, 2.24) is 0 Å². The van der Waals surface area contributed by atoms with E-state index in [0.717, 1.165) is 16.7 Å². The maximum Gasteiger partial charge on any atom is 0.341 e. The third-order valence-electron chi connectivity index (χ3n) is 6.89. The van der Waals surface area contributed by atoms with Gasteiger partial charge in [0, 0.05) is 0 Å². The molecule has 1 N–H and O–H groups in total. The number of ether oxygens (including phenoxy) is 2. The second-order valence-electron chi connectivity index (χ2n) is 9.97. The van der Waals surface area contributed by atoms with Crippen LogP contribution in [-0.4, -0.2) is 24.3 Å². The van der Waals surface area contributed by atoms with Gasteiger partial charge in [-0.2, -0.15) is 0 Å². The summed E-state index contributed by atoms with van der Waals surface area (Å²) in [5.41, 5.74) is 10.5. The zero-order valence-corrected chi connectivity index (χ0v) is 23.2. The number of hydrogen-bond donors (Lipinski definition) is 1. The highest BCUT2D eigenvalue weighted by Gasteiger charge is 2.08. The zero-order chi connectivity index (χ0) is 28.6. The second-order valence-corrected chi connectivity index (χ2v) is 9.97. The Morgan fingerprint density at radius 3 is 1.32 bits per heavy atom. The van der Waals surface area contributed by atoms with E-state index in [1.54, 1.807) is 24.3 Å². The Hall–Kier alpha value is -5.09. The summed E-state index contributed by atoms with van der Waals surface area (Å²) in [5, 5.41) is 8.80. The van der Waals surface area contributed by atoms with Gasteiger partial charge in [-0.1, -0.05) is 108 Å². The lowest BCUT2D eigenvalue weighted by Gasteiger charge is -2.12. The number of carboxylic acids is 1. The molecule has 0 unspecified atom stereocenters. The molecule has 0 heterocycles. The van der Waals surface area contributed by atoms with Crippen LogP contribution in [0, 0.1) is 13.8 Å². The molecule has 4 heteroatoms. The van der Waals surface area contributed by atoms with Gasteiger partial charge in [-0.25, -0.2) is 4.79 Å². The van der Waals surface area contributed by atoms with Crippen molar-refractivity contribution in [2.24, 2.45) is 0 Å². The Morgan fingerprint density at radius 1 is 0.561 bits per heavy atom. The highest BCUT2D eigenvalue weighted by Crippen LogP contribution is 2.29.